The Morgan fingerprint density at radius 3 is 2.75 bits per heavy atom. The summed E-state index contributed by atoms with van der Waals surface area (Å²) in [6.07, 6.45) is 6.31. The predicted molar refractivity (Wildman–Crippen MR) is 89.3 cm³/mol. The Hall–Kier alpha value is -3.35. The number of nitrogens with zero attached hydrogens (tertiary/aromatic N) is 1. The van der Waals surface area contributed by atoms with Crippen molar-refractivity contribution in [3.8, 4) is 11.5 Å². The Balaban J connectivity index is 2.36. The van der Waals surface area contributed by atoms with Gasteiger partial charge in [0.1, 0.15) is 11.4 Å². The van der Waals surface area contributed by atoms with E-state index in [2.05, 4.69) is 16.5 Å². The number of phenolic OH excluding ortho intramolecular Hbond substituents is 1. The quantitative estimate of drug-likeness (QED) is 0.700. The van der Waals surface area contributed by atoms with Gasteiger partial charge in [-0.25, -0.2) is 9.78 Å². The van der Waals surface area contributed by atoms with Crippen molar-refractivity contribution in [2.45, 2.75) is 6.42 Å². The van der Waals surface area contributed by atoms with Crippen LogP contribution in [0.25, 0.3) is 12.2 Å². The first kappa shape index (κ1) is 17.0. The molecule has 0 aliphatic carbocycles. The lowest BCUT2D eigenvalue weighted by molar-refractivity contribution is 0.0694. The molecule has 0 spiro atoms. The van der Waals surface area contributed by atoms with Gasteiger partial charge in [-0.15, -0.1) is 6.58 Å². The molecule has 0 unspecified atom stereocenters. The summed E-state index contributed by atoms with van der Waals surface area (Å²) >= 11 is 0. The van der Waals surface area contributed by atoms with Gasteiger partial charge < -0.3 is 19.9 Å². The molecule has 7 nitrogen and oxygen atoms in total. The van der Waals surface area contributed by atoms with E-state index in [-0.39, 0.29) is 11.6 Å². The van der Waals surface area contributed by atoms with Gasteiger partial charge in [0, 0.05) is 11.8 Å². The molecule has 0 aliphatic rings. The lowest BCUT2D eigenvalue weighted by atomic mass is 10.1. The van der Waals surface area contributed by atoms with Gasteiger partial charge in [-0.2, -0.15) is 0 Å². The predicted octanol–water partition coefficient (Wildman–Crippen LogP) is 2.08. The number of hydrogen-bond donors (Lipinski definition) is 3. The van der Waals surface area contributed by atoms with Gasteiger partial charge in [-0.1, -0.05) is 12.2 Å². The molecule has 0 radical (unpaired) electrons. The van der Waals surface area contributed by atoms with E-state index in [4.69, 9.17) is 9.84 Å². The van der Waals surface area contributed by atoms with Crippen molar-refractivity contribution >= 4 is 18.1 Å². The number of nitrogens with one attached hydrogen (secondary N) is 1. The zero-order chi connectivity index (χ0) is 17.7. The lowest BCUT2D eigenvalue weighted by Gasteiger charge is -2.09. The van der Waals surface area contributed by atoms with Gasteiger partial charge in [0.15, 0.2) is 11.5 Å². The minimum Gasteiger partial charge on any atom is -0.504 e. The molecule has 7 heteroatoms. The van der Waals surface area contributed by atoms with Crippen LogP contribution in [0.3, 0.4) is 0 Å². The van der Waals surface area contributed by atoms with Crippen molar-refractivity contribution in [3.63, 3.8) is 0 Å². The summed E-state index contributed by atoms with van der Waals surface area (Å²) in [4.78, 5) is 28.6. The monoisotopic (exact) mass is 328 g/mol. The van der Waals surface area contributed by atoms with Crippen LogP contribution in [0.2, 0.25) is 0 Å². The van der Waals surface area contributed by atoms with Crippen molar-refractivity contribution in [1.29, 1.82) is 0 Å². The number of aromatic hydroxyl groups is 1. The SMILES string of the molecule is C=CCc1cc(/C=C/c2ncc(C(=O)O)c(=O)[nH]2)cc(OC)c1O. The van der Waals surface area contributed by atoms with Crippen LogP contribution in [-0.4, -0.2) is 33.3 Å². The second-order valence-electron chi connectivity index (χ2n) is 4.87. The largest absolute Gasteiger partial charge is 0.504 e. The molecule has 2 rings (SSSR count). The average molecular weight is 328 g/mol. The average Bonchev–Trinajstić information content (AvgIpc) is 2.55. The summed E-state index contributed by atoms with van der Waals surface area (Å²) in [5.41, 5.74) is 0.206. The van der Waals surface area contributed by atoms with E-state index >= 15 is 0 Å². The van der Waals surface area contributed by atoms with Crippen molar-refractivity contribution < 1.29 is 19.7 Å². The number of phenols is 1. The number of carboxylic acid groups (broad SMARTS) is 1. The van der Waals surface area contributed by atoms with Gasteiger partial charge in [0.2, 0.25) is 0 Å². The van der Waals surface area contributed by atoms with Crippen LogP contribution < -0.4 is 10.3 Å². The van der Waals surface area contributed by atoms with Gasteiger partial charge in [0.25, 0.3) is 5.56 Å². The molecule has 1 heterocycles. The number of aromatic amines is 1. The topological polar surface area (TPSA) is 113 Å². The number of carboxylic acids is 1. The summed E-state index contributed by atoms with van der Waals surface area (Å²) in [6.45, 7) is 3.64. The Kier molecular flexibility index (Phi) is 5.16. The first-order chi connectivity index (χ1) is 11.5. The number of hydrogen-bond acceptors (Lipinski definition) is 5. The molecule has 0 atom stereocenters. The molecule has 0 bridgehead atoms. The van der Waals surface area contributed by atoms with E-state index in [1.807, 2.05) is 0 Å². The summed E-state index contributed by atoms with van der Waals surface area (Å²) < 4.78 is 5.13. The fraction of sp³-hybridized carbons (Fsp3) is 0.118. The molecule has 0 saturated heterocycles. The molecule has 0 amide bonds. The fourth-order valence-corrected chi connectivity index (χ4v) is 2.07. The third kappa shape index (κ3) is 3.70. The molecule has 1 aromatic heterocycles. The second kappa shape index (κ2) is 7.28. The minimum absolute atomic E-state index is 0.0480. The Labute approximate surface area is 137 Å². The molecule has 0 saturated carbocycles. The summed E-state index contributed by atoms with van der Waals surface area (Å²) in [7, 11) is 1.45. The normalized spacial score (nSPS) is 10.7. The Bertz CT molecular complexity index is 868. The molecule has 0 fully saturated rings. The summed E-state index contributed by atoms with van der Waals surface area (Å²) in [6, 6.07) is 3.38. The van der Waals surface area contributed by atoms with E-state index in [9.17, 15) is 14.7 Å². The Morgan fingerprint density at radius 2 is 2.17 bits per heavy atom. The molecular formula is C17H16N2O5. The van der Waals surface area contributed by atoms with E-state index in [1.165, 1.54) is 13.2 Å². The summed E-state index contributed by atoms with van der Waals surface area (Å²) in [5, 5.41) is 18.8. The number of carbonyl (C=O) groups is 1. The number of methoxy groups -OCH3 is 1. The van der Waals surface area contributed by atoms with Crippen LogP contribution in [0.5, 0.6) is 11.5 Å². The van der Waals surface area contributed by atoms with Crippen LogP contribution in [0.4, 0.5) is 0 Å². The molecule has 1 aromatic carbocycles. The number of H-pyrrole nitrogens is 1. The van der Waals surface area contributed by atoms with Crippen molar-refractivity contribution in [1.82, 2.24) is 9.97 Å². The number of aromatic nitrogens is 2. The lowest BCUT2D eigenvalue weighted by Crippen LogP contribution is -2.18. The maximum Gasteiger partial charge on any atom is 0.342 e. The molecule has 124 valence electrons. The van der Waals surface area contributed by atoms with Crippen molar-refractivity contribution in [3.05, 3.63) is 63.9 Å². The zero-order valence-electron chi connectivity index (χ0n) is 12.9. The standard InChI is InChI=1S/C17H16N2O5/c1-3-4-11-7-10(8-13(24-2)15(11)20)5-6-14-18-9-12(17(22)23)16(21)19-14/h3,5-9,20H,1,4H2,2H3,(H,22,23)(H,18,19,21)/b6-5+. The van der Waals surface area contributed by atoms with Crippen LogP contribution in [0.1, 0.15) is 27.3 Å². The smallest absolute Gasteiger partial charge is 0.342 e. The number of benzene rings is 1. The number of aromatic carboxylic acids is 1. The van der Waals surface area contributed by atoms with Crippen molar-refractivity contribution in [2.75, 3.05) is 7.11 Å². The summed E-state index contributed by atoms with van der Waals surface area (Å²) in [5.74, 6) is -0.762. The highest BCUT2D eigenvalue weighted by Gasteiger charge is 2.10. The molecule has 3 N–H and O–H groups in total. The van der Waals surface area contributed by atoms with Gasteiger partial charge in [-0.3, -0.25) is 4.79 Å². The van der Waals surface area contributed by atoms with E-state index in [1.54, 1.807) is 24.3 Å². The van der Waals surface area contributed by atoms with Crippen LogP contribution in [-0.2, 0) is 6.42 Å². The van der Waals surface area contributed by atoms with Gasteiger partial charge in [-0.05, 0) is 30.2 Å². The number of ether oxygens (including phenoxy) is 1. The molecular weight excluding hydrogens is 312 g/mol. The first-order valence-electron chi connectivity index (χ1n) is 6.97. The van der Waals surface area contributed by atoms with E-state index < -0.39 is 17.1 Å². The molecule has 24 heavy (non-hydrogen) atoms. The highest BCUT2D eigenvalue weighted by molar-refractivity contribution is 5.86. The van der Waals surface area contributed by atoms with E-state index in [0.29, 0.717) is 23.3 Å². The van der Waals surface area contributed by atoms with Gasteiger partial charge in [0.05, 0.1) is 7.11 Å². The Morgan fingerprint density at radius 1 is 1.42 bits per heavy atom. The zero-order valence-corrected chi connectivity index (χ0v) is 12.9. The number of rotatable bonds is 6. The van der Waals surface area contributed by atoms with Crippen molar-refractivity contribution in [2.24, 2.45) is 0 Å². The highest BCUT2D eigenvalue weighted by atomic mass is 16.5. The maximum absolute atomic E-state index is 11.6. The van der Waals surface area contributed by atoms with Crippen LogP contribution in [0, 0.1) is 0 Å². The second-order valence-corrected chi connectivity index (χ2v) is 4.87. The molecule has 0 aliphatic heterocycles. The third-order valence-electron chi connectivity index (χ3n) is 3.24. The first-order valence-corrected chi connectivity index (χ1v) is 6.97. The van der Waals surface area contributed by atoms with Crippen LogP contribution in [0.15, 0.2) is 35.8 Å². The minimum atomic E-state index is -1.34. The highest BCUT2D eigenvalue weighted by Crippen LogP contribution is 2.32. The van der Waals surface area contributed by atoms with Crippen LogP contribution >= 0.6 is 0 Å². The third-order valence-corrected chi connectivity index (χ3v) is 3.24. The number of allylic oxidation sites excluding steroid dienone is 1. The van der Waals surface area contributed by atoms with Gasteiger partial charge >= 0.3 is 5.97 Å². The molecule has 2 aromatic rings. The fourth-order valence-electron chi connectivity index (χ4n) is 2.07. The van der Waals surface area contributed by atoms with E-state index in [0.717, 1.165) is 6.20 Å². The maximum atomic E-state index is 11.6.